The number of nitrogens with one attached hydrogen (secondary N) is 1. The summed E-state index contributed by atoms with van der Waals surface area (Å²) in [6, 6.07) is 0. The number of rotatable bonds is 5. The van der Waals surface area contributed by atoms with E-state index in [1.54, 1.807) is 18.4 Å². The molecule has 0 saturated heterocycles. The summed E-state index contributed by atoms with van der Waals surface area (Å²) in [7, 11) is 1.79. The molecule has 2 rings (SSSR count). The van der Waals surface area contributed by atoms with Crippen molar-refractivity contribution >= 4 is 11.3 Å². The van der Waals surface area contributed by atoms with Gasteiger partial charge in [-0.25, -0.2) is 4.98 Å². The second-order valence-electron chi connectivity index (χ2n) is 5.76. The van der Waals surface area contributed by atoms with E-state index in [9.17, 15) is 0 Å². The number of hydrogen-bond donors (Lipinski definition) is 1. The van der Waals surface area contributed by atoms with Gasteiger partial charge in [0.25, 0.3) is 0 Å². The summed E-state index contributed by atoms with van der Waals surface area (Å²) in [5.41, 5.74) is 0.154. The average Bonchev–Trinajstić information content (AvgIpc) is 2.95. The maximum absolute atomic E-state index is 5.55. The Hall–Kier alpha value is -0.450. The molecule has 3 nitrogen and oxygen atoms in total. The van der Waals surface area contributed by atoms with E-state index in [1.165, 1.54) is 17.7 Å². The summed E-state index contributed by atoms with van der Waals surface area (Å²) in [5.74, 6) is 0.703. The number of hydrogen-bond acceptors (Lipinski definition) is 4. The largest absolute Gasteiger partial charge is 0.374 e. The van der Waals surface area contributed by atoms with Crippen molar-refractivity contribution in [3.05, 3.63) is 16.1 Å². The van der Waals surface area contributed by atoms with Crippen molar-refractivity contribution in [1.29, 1.82) is 0 Å². The molecule has 1 aromatic rings. The lowest BCUT2D eigenvalue weighted by Gasteiger charge is -2.19. The molecule has 1 fully saturated rings. The molecule has 0 amide bonds. The summed E-state index contributed by atoms with van der Waals surface area (Å²) in [6.07, 6.45) is 4.78. The number of ether oxygens (including phenoxy) is 1. The number of thiazole rings is 1. The molecule has 1 atom stereocenters. The molecule has 1 aliphatic rings. The van der Waals surface area contributed by atoms with Gasteiger partial charge < -0.3 is 10.1 Å². The van der Waals surface area contributed by atoms with E-state index >= 15 is 0 Å². The summed E-state index contributed by atoms with van der Waals surface area (Å²) in [4.78, 5) is 5.79. The highest BCUT2D eigenvalue weighted by Crippen LogP contribution is 2.43. The summed E-state index contributed by atoms with van der Waals surface area (Å²) in [6.45, 7) is 7.42. The van der Waals surface area contributed by atoms with Crippen LogP contribution in [0.4, 0.5) is 0 Å². The second-order valence-corrected chi connectivity index (χ2v) is 6.91. The predicted octanol–water partition coefficient (Wildman–Crippen LogP) is 3.13. The van der Waals surface area contributed by atoms with Gasteiger partial charge in [-0.15, -0.1) is 11.3 Å². The van der Waals surface area contributed by atoms with E-state index in [-0.39, 0.29) is 11.6 Å². The minimum Gasteiger partial charge on any atom is -0.374 e. The number of nitrogens with zero attached hydrogens (tertiary/aromatic N) is 1. The van der Waals surface area contributed by atoms with Gasteiger partial charge in [0.1, 0.15) is 11.1 Å². The van der Waals surface area contributed by atoms with Crippen LogP contribution < -0.4 is 5.32 Å². The van der Waals surface area contributed by atoms with Gasteiger partial charge in [-0.1, -0.05) is 0 Å². The van der Waals surface area contributed by atoms with Gasteiger partial charge in [0.2, 0.25) is 0 Å². The molecule has 0 spiro atoms. The highest BCUT2D eigenvalue weighted by atomic mass is 32.1. The van der Waals surface area contributed by atoms with Crippen LogP contribution in [0.15, 0.2) is 6.20 Å². The van der Waals surface area contributed by atoms with Crippen molar-refractivity contribution in [3.8, 4) is 0 Å². The summed E-state index contributed by atoms with van der Waals surface area (Å²) >= 11 is 1.78. The third-order valence-electron chi connectivity index (χ3n) is 2.91. The van der Waals surface area contributed by atoms with Crippen LogP contribution in [0.5, 0.6) is 0 Å². The Morgan fingerprint density at radius 1 is 1.53 bits per heavy atom. The topological polar surface area (TPSA) is 34.1 Å². The van der Waals surface area contributed by atoms with E-state index < -0.39 is 0 Å². The lowest BCUT2D eigenvalue weighted by Crippen LogP contribution is -2.34. The fourth-order valence-electron chi connectivity index (χ4n) is 1.78. The van der Waals surface area contributed by atoms with Crippen molar-refractivity contribution in [2.24, 2.45) is 5.92 Å². The van der Waals surface area contributed by atoms with E-state index in [2.05, 4.69) is 31.1 Å². The molecular weight excluding hydrogens is 232 g/mol. The molecule has 1 N–H and O–H groups in total. The van der Waals surface area contributed by atoms with Crippen LogP contribution in [0.25, 0.3) is 0 Å². The zero-order valence-electron chi connectivity index (χ0n) is 11.1. The van der Waals surface area contributed by atoms with E-state index in [1.807, 2.05) is 6.20 Å². The first-order valence-corrected chi connectivity index (χ1v) is 7.03. The Balaban J connectivity index is 1.95. The molecule has 0 aromatic carbocycles. The maximum Gasteiger partial charge on any atom is 0.122 e. The third kappa shape index (κ3) is 3.76. The third-order valence-corrected chi connectivity index (χ3v) is 3.97. The van der Waals surface area contributed by atoms with Gasteiger partial charge in [-0.05, 0) is 39.5 Å². The van der Waals surface area contributed by atoms with Gasteiger partial charge in [0.15, 0.2) is 0 Å². The fraction of sp³-hybridized carbons (Fsp3) is 0.769. The Morgan fingerprint density at radius 3 is 2.76 bits per heavy atom. The standard InChI is InChI=1S/C13H22N2OS/c1-13(2,3)15-8-10-7-14-12(17-10)11(16-4)9-5-6-9/h7,9,11,15H,5-6,8H2,1-4H3. The average molecular weight is 254 g/mol. The van der Waals surface area contributed by atoms with Crippen LogP contribution in [0.1, 0.15) is 49.6 Å². The predicted molar refractivity (Wildman–Crippen MR) is 71.2 cm³/mol. The van der Waals surface area contributed by atoms with Crippen LogP contribution >= 0.6 is 11.3 Å². The molecule has 1 unspecified atom stereocenters. The van der Waals surface area contributed by atoms with Gasteiger partial charge in [0.05, 0.1) is 0 Å². The highest BCUT2D eigenvalue weighted by Gasteiger charge is 2.34. The molecule has 1 heterocycles. The van der Waals surface area contributed by atoms with Crippen LogP contribution in [-0.2, 0) is 11.3 Å². The van der Waals surface area contributed by atoms with Crippen LogP contribution in [-0.4, -0.2) is 17.6 Å². The van der Waals surface area contributed by atoms with Crippen molar-refractivity contribution in [1.82, 2.24) is 10.3 Å². The zero-order chi connectivity index (χ0) is 12.5. The Morgan fingerprint density at radius 2 is 2.24 bits per heavy atom. The van der Waals surface area contributed by atoms with Crippen LogP contribution in [0.3, 0.4) is 0 Å². The minimum atomic E-state index is 0.154. The lowest BCUT2D eigenvalue weighted by molar-refractivity contribution is 0.0844. The minimum absolute atomic E-state index is 0.154. The van der Waals surface area contributed by atoms with Gasteiger partial charge >= 0.3 is 0 Å². The SMILES string of the molecule is COC(c1ncc(CNC(C)(C)C)s1)C1CC1. The zero-order valence-corrected chi connectivity index (χ0v) is 11.9. The monoisotopic (exact) mass is 254 g/mol. The maximum atomic E-state index is 5.55. The molecule has 17 heavy (non-hydrogen) atoms. The van der Waals surface area contributed by atoms with Crippen molar-refractivity contribution in [2.45, 2.75) is 51.8 Å². The lowest BCUT2D eigenvalue weighted by atomic mass is 10.1. The molecule has 4 heteroatoms. The molecular formula is C13H22N2OS. The molecule has 0 bridgehead atoms. The summed E-state index contributed by atoms with van der Waals surface area (Å²) in [5, 5.41) is 4.62. The molecule has 1 aliphatic carbocycles. The Bertz CT molecular complexity index is 366. The quantitative estimate of drug-likeness (QED) is 0.876. The summed E-state index contributed by atoms with van der Waals surface area (Å²) < 4.78 is 5.55. The Labute approximate surface area is 108 Å². The molecule has 0 radical (unpaired) electrons. The second kappa shape index (κ2) is 5.04. The smallest absolute Gasteiger partial charge is 0.122 e. The first kappa shape index (κ1) is 13.0. The van der Waals surface area contributed by atoms with Crippen molar-refractivity contribution in [3.63, 3.8) is 0 Å². The van der Waals surface area contributed by atoms with Gasteiger partial charge in [-0.2, -0.15) is 0 Å². The van der Waals surface area contributed by atoms with Crippen LogP contribution in [0.2, 0.25) is 0 Å². The van der Waals surface area contributed by atoms with E-state index in [4.69, 9.17) is 4.74 Å². The van der Waals surface area contributed by atoms with Crippen molar-refractivity contribution < 1.29 is 4.74 Å². The first-order chi connectivity index (χ1) is 7.99. The molecule has 96 valence electrons. The normalized spacial score (nSPS) is 18.4. The molecule has 0 aliphatic heterocycles. The fourth-order valence-corrected chi connectivity index (χ4v) is 2.81. The van der Waals surface area contributed by atoms with Crippen molar-refractivity contribution in [2.75, 3.05) is 7.11 Å². The van der Waals surface area contributed by atoms with Crippen LogP contribution in [0, 0.1) is 5.92 Å². The van der Waals surface area contributed by atoms with E-state index in [0.29, 0.717) is 5.92 Å². The number of aromatic nitrogens is 1. The van der Waals surface area contributed by atoms with Gasteiger partial charge in [-0.3, -0.25) is 0 Å². The van der Waals surface area contributed by atoms with E-state index in [0.717, 1.165) is 11.6 Å². The highest BCUT2D eigenvalue weighted by molar-refractivity contribution is 7.11. The molecule has 1 aromatic heterocycles. The van der Waals surface area contributed by atoms with Gasteiger partial charge in [0, 0.05) is 30.3 Å². The first-order valence-electron chi connectivity index (χ1n) is 6.22. The Kier molecular flexibility index (Phi) is 3.85. The number of methoxy groups -OCH3 is 1. The molecule has 1 saturated carbocycles.